The predicted molar refractivity (Wildman–Crippen MR) is 103 cm³/mol. The van der Waals surface area contributed by atoms with Crippen LogP contribution in [0.3, 0.4) is 0 Å². The van der Waals surface area contributed by atoms with Gasteiger partial charge in [-0.05, 0) is 18.2 Å². The Kier molecular flexibility index (Phi) is 4.05. The van der Waals surface area contributed by atoms with E-state index in [1.807, 2.05) is 0 Å². The summed E-state index contributed by atoms with van der Waals surface area (Å²) in [4.78, 5) is 27.3. The van der Waals surface area contributed by atoms with Crippen LogP contribution in [0, 0.1) is 5.82 Å². The molecule has 5 rings (SSSR count). The number of pyridine rings is 1. The fourth-order valence-electron chi connectivity index (χ4n) is 3.18. The molecule has 148 valence electrons. The lowest BCUT2D eigenvalue weighted by atomic mass is 10.2. The average Bonchev–Trinajstić information content (AvgIpc) is 3.38. The Balaban J connectivity index is 1.65. The zero-order chi connectivity index (χ0) is 20.7. The van der Waals surface area contributed by atoms with Crippen molar-refractivity contribution in [1.29, 1.82) is 0 Å². The number of aromatic amines is 1. The largest absolute Gasteiger partial charge is 0.492 e. The van der Waals surface area contributed by atoms with Crippen molar-refractivity contribution in [3.05, 3.63) is 77.0 Å². The van der Waals surface area contributed by atoms with Crippen molar-refractivity contribution < 1.29 is 9.50 Å². The number of hydrogen-bond donors (Lipinski definition) is 2. The molecule has 0 spiro atoms. The Bertz CT molecular complexity index is 1420. The molecule has 11 heteroatoms. The summed E-state index contributed by atoms with van der Waals surface area (Å²) in [6, 6.07) is 9.84. The molecule has 0 fully saturated rings. The minimum atomic E-state index is -0.622. The summed E-state index contributed by atoms with van der Waals surface area (Å²) in [7, 11) is 0. The zero-order valence-corrected chi connectivity index (χ0v) is 15.3. The number of rotatable bonds is 4. The minimum Gasteiger partial charge on any atom is -0.492 e. The van der Waals surface area contributed by atoms with E-state index in [1.54, 1.807) is 36.5 Å². The number of benzene rings is 1. The topological polar surface area (TPSA) is 127 Å². The monoisotopic (exact) mass is 404 g/mol. The molecule has 1 aromatic carbocycles. The van der Waals surface area contributed by atoms with E-state index in [4.69, 9.17) is 0 Å². The van der Waals surface area contributed by atoms with Crippen molar-refractivity contribution in [2.24, 2.45) is 0 Å². The fourth-order valence-corrected chi connectivity index (χ4v) is 3.18. The van der Waals surface area contributed by atoms with Crippen LogP contribution in [0.25, 0.3) is 28.2 Å². The van der Waals surface area contributed by atoms with Crippen molar-refractivity contribution in [3.63, 3.8) is 0 Å². The smallest absolute Gasteiger partial charge is 0.281 e. The van der Waals surface area contributed by atoms with E-state index in [1.165, 1.54) is 23.4 Å². The van der Waals surface area contributed by atoms with E-state index < -0.39 is 11.4 Å². The number of H-pyrrole nitrogens is 1. The summed E-state index contributed by atoms with van der Waals surface area (Å²) in [5.74, 6) is -0.841. The van der Waals surface area contributed by atoms with Gasteiger partial charge in [0, 0.05) is 11.8 Å². The molecule has 4 aromatic heterocycles. The molecule has 10 nitrogen and oxygen atoms in total. The molecule has 0 bridgehead atoms. The summed E-state index contributed by atoms with van der Waals surface area (Å²) < 4.78 is 16.8. The van der Waals surface area contributed by atoms with Gasteiger partial charge in [0.25, 0.3) is 5.56 Å². The Morgan fingerprint density at radius 2 is 2.03 bits per heavy atom. The van der Waals surface area contributed by atoms with Gasteiger partial charge >= 0.3 is 0 Å². The molecule has 0 aliphatic heterocycles. The molecular formula is C19H13FN8O2. The van der Waals surface area contributed by atoms with E-state index in [9.17, 15) is 14.3 Å². The molecule has 0 unspecified atom stereocenters. The highest BCUT2D eigenvalue weighted by Gasteiger charge is 2.20. The van der Waals surface area contributed by atoms with Crippen LogP contribution in [0.15, 0.2) is 60.0 Å². The molecule has 0 aliphatic carbocycles. The summed E-state index contributed by atoms with van der Waals surface area (Å²) in [6.45, 7) is 0.132. The lowest BCUT2D eigenvalue weighted by Gasteiger charge is -2.05. The molecule has 0 radical (unpaired) electrons. The van der Waals surface area contributed by atoms with Crippen LogP contribution in [-0.4, -0.2) is 44.6 Å². The number of halogens is 1. The van der Waals surface area contributed by atoms with Gasteiger partial charge in [0.1, 0.15) is 24.2 Å². The predicted octanol–water partition coefficient (Wildman–Crippen LogP) is 1.66. The van der Waals surface area contributed by atoms with Gasteiger partial charge < -0.3 is 10.1 Å². The van der Waals surface area contributed by atoms with Gasteiger partial charge in [-0.25, -0.2) is 23.7 Å². The number of fused-ring (bicyclic) bond motifs is 1. The number of nitrogens with one attached hydrogen (secondary N) is 1. The Morgan fingerprint density at radius 1 is 1.17 bits per heavy atom. The molecule has 0 saturated heterocycles. The molecule has 0 amide bonds. The maximum atomic E-state index is 14.1. The lowest BCUT2D eigenvalue weighted by Crippen LogP contribution is -2.17. The van der Waals surface area contributed by atoms with Crippen molar-refractivity contribution in [2.75, 3.05) is 0 Å². The van der Waals surface area contributed by atoms with Crippen LogP contribution in [-0.2, 0) is 6.54 Å². The number of hydrogen-bond acceptors (Lipinski definition) is 7. The van der Waals surface area contributed by atoms with Gasteiger partial charge in [0.05, 0.1) is 11.9 Å². The highest BCUT2D eigenvalue weighted by Crippen LogP contribution is 2.26. The van der Waals surface area contributed by atoms with Gasteiger partial charge in [-0.1, -0.05) is 18.2 Å². The molecule has 0 aliphatic rings. The molecule has 0 saturated carbocycles. The third-order valence-corrected chi connectivity index (χ3v) is 4.53. The zero-order valence-electron chi connectivity index (χ0n) is 15.3. The molecule has 2 N–H and O–H groups in total. The molecule has 0 atom stereocenters. The standard InChI is InChI=1S/C19H13FN8O2/c20-13-6-2-1-4-11(13)8-27-17-12(5-3-7-22-17)14(26-27)16-24-18(29)15(19(30)25-16)28-10-21-9-23-28/h1-7,9-10H,8H2,(H2,24,25,29,30). The normalized spacial score (nSPS) is 11.2. The first-order chi connectivity index (χ1) is 14.6. The van der Waals surface area contributed by atoms with Crippen LogP contribution >= 0.6 is 0 Å². The fraction of sp³-hybridized carbons (Fsp3) is 0.0526. The molecule has 4 heterocycles. The van der Waals surface area contributed by atoms with E-state index in [0.717, 1.165) is 4.68 Å². The van der Waals surface area contributed by atoms with E-state index in [2.05, 4.69) is 30.1 Å². The summed E-state index contributed by atoms with van der Waals surface area (Å²) in [6.07, 6.45) is 4.09. The van der Waals surface area contributed by atoms with Crippen molar-refractivity contribution in [2.45, 2.75) is 6.54 Å². The van der Waals surface area contributed by atoms with Crippen LogP contribution < -0.4 is 5.56 Å². The quantitative estimate of drug-likeness (QED) is 0.466. The first-order valence-electron chi connectivity index (χ1n) is 8.85. The molecule has 30 heavy (non-hydrogen) atoms. The number of nitrogens with zero attached hydrogens (tertiary/aromatic N) is 7. The average molecular weight is 404 g/mol. The van der Waals surface area contributed by atoms with Crippen LogP contribution in [0.1, 0.15) is 5.56 Å². The van der Waals surface area contributed by atoms with Gasteiger partial charge in [-0.3, -0.25) is 4.79 Å². The summed E-state index contributed by atoms with van der Waals surface area (Å²) >= 11 is 0. The second kappa shape index (κ2) is 6.88. The lowest BCUT2D eigenvalue weighted by molar-refractivity contribution is 0.446. The first kappa shape index (κ1) is 17.7. The Labute approximate surface area is 167 Å². The first-order valence-corrected chi connectivity index (χ1v) is 8.85. The highest BCUT2D eigenvalue weighted by atomic mass is 19.1. The van der Waals surface area contributed by atoms with E-state index in [0.29, 0.717) is 22.3 Å². The third kappa shape index (κ3) is 2.89. The van der Waals surface area contributed by atoms with Crippen LogP contribution in [0.2, 0.25) is 0 Å². The van der Waals surface area contributed by atoms with Gasteiger partial charge in [-0.15, -0.1) is 0 Å². The van der Waals surface area contributed by atoms with E-state index >= 15 is 0 Å². The molecular weight excluding hydrogens is 391 g/mol. The van der Waals surface area contributed by atoms with Crippen molar-refractivity contribution in [3.8, 4) is 23.1 Å². The molecule has 5 aromatic rings. The Morgan fingerprint density at radius 3 is 2.80 bits per heavy atom. The summed E-state index contributed by atoms with van der Waals surface area (Å²) in [5, 5.41) is 19.2. The van der Waals surface area contributed by atoms with Crippen molar-refractivity contribution in [1.82, 2.24) is 39.5 Å². The van der Waals surface area contributed by atoms with Crippen LogP contribution in [0.5, 0.6) is 5.88 Å². The number of aromatic hydroxyl groups is 1. The van der Waals surface area contributed by atoms with Crippen LogP contribution in [0.4, 0.5) is 4.39 Å². The van der Waals surface area contributed by atoms with E-state index in [-0.39, 0.29) is 23.9 Å². The Hall–Kier alpha value is -4.41. The third-order valence-electron chi connectivity index (χ3n) is 4.53. The second-order valence-corrected chi connectivity index (χ2v) is 6.40. The minimum absolute atomic E-state index is 0.0478. The maximum Gasteiger partial charge on any atom is 0.281 e. The highest BCUT2D eigenvalue weighted by molar-refractivity contribution is 5.89. The van der Waals surface area contributed by atoms with Crippen molar-refractivity contribution >= 4 is 11.0 Å². The van der Waals surface area contributed by atoms with Gasteiger partial charge in [0.15, 0.2) is 17.2 Å². The number of aromatic nitrogens is 8. The van der Waals surface area contributed by atoms with Gasteiger partial charge in [0.2, 0.25) is 5.88 Å². The maximum absolute atomic E-state index is 14.1. The second-order valence-electron chi connectivity index (χ2n) is 6.40. The summed E-state index contributed by atoms with van der Waals surface area (Å²) in [5.41, 5.74) is 0.434. The van der Waals surface area contributed by atoms with Gasteiger partial charge in [-0.2, -0.15) is 15.2 Å². The SMILES string of the molecule is O=c1[nH]c(-c2nn(Cc3ccccc3F)c3ncccc23)nc(O)c1-n1cncn1.